The lowest BCUT2D eigenvalue weighted by atomic mass is 10.1. The van der Waals surface area contributed by atoms with E-state index in [1.54, 1.807) is 25.5 Å². The van der Waals surface area contributed by atoms with Gasteiger partial charge in [0, 0.05) is 31.6 Å². The van der Waals surface area contributed by atoms with Crippen molar-refractivity contribution in [3.63, 3.8) is 0 Å². The van der Waals surface area contributed by atoms with Gasteiger partial charge in [0.15, 0.2) is 11.2 Å². The van der Waals surface area contributed by atoms with Crippen molar-refractivity contribution in [2.24, 2.45) is 12.8 Å². The van der Waals surface area contributed by atoms with Crippen molar-refractivity contribution in [3.8, 4) is 11.8 Å². The van der Waals surface area contributed by atoms with Crippen LogP contribution in [0.4, 0.5) is 5.95 Å². The number of para-hydroxylation sites is 1. The fourth-order valence-corrected chi connectivity index (χ4v) is 4.32. The zero-order valence-corrected chi connectivity index (χ0v) is 21.0. The van der Waals surface area contributed by atoms with Crippen molar-refractivity contribution in [2.45, 2.75) is 46.3 Å². The van der Waals surface area contributed by atoms with Gasteiger partial charge in [-0.05, 0) is 33.8 Å². The molecular formula is C25H30N8O2. The molecule has 35 heavy (non-hydrogen) atoms. The minimum Gasteiger partial charge on any atom is -0.343 e. The number of fused-ring (bicyclic) bond motifs is 2. The highest BCUT2D eigenvalue weighted by Crippen LogP contribution is 2.21. The van der Waals surface area contributed by atoms with E-state index in [1.807, 2.05) is 50.1 Å². The Morgan fingerprint density at radius 3 is 2.51 bits per heavy atom. The Balaban J connectivity index is 1.97. The molecule has 0 amide bonds. The summed E-state index contributed by atoms with van der Waals surface area (Å²) in [7, 11) is 3.47. The van der Waals surface area contributed by atoms with Crippen molar-refractivity contribution < 1.29 is 0 Å². The maximum Gasteiger partial charge on any atom is 0.332 e. The average Bonchev–Trinajstić information content (AvgIpc) is 3.17. The molecule has 3 aromatic heterocycles. The average molecular weight is 475 g/mol. The molecule has 2 N–H and O–H groups in total. The Labute approximate surface area is 203 Å². The third-order valence-corrected chi connectivity index (χ3v) is 5.71. The summed E-state index contributed by atoms with van der Waals surface area (Å²) in [6.45, 7) is 8.11. The van der Waals surface area contributed by atoms with Crippen molar-refractivity contribution >= 4 is 28.0 Å². The van der Waals surface area contributed by atoms with Gasteiger partial charge in [0.05, 0.1) is 24.3 Å². The van der Waals surface area contributed by atoms with Crippen LogP contribution in [0.2, 0.25) is 0 Å². The van der Waals surface area contributed by atoms with E-state index in [-0.39, 0.29) is 13.1 Å². The number of anilines is 1. The second-order valence-corrected chi connectivity index (χ2v) is 9.41. The third kappa shape index (κ3) is 4.55. The maximum absolute atomic E-state index is 13.8. The molecule has 0 bridgehead atoms. The quantitative estimate of drug-likeness (QED) is 0.420. The van der Waals surface area contributed by atoms with E-state index in [4.69, 9.17) is 5.73 Å². The third-order valence-electron chi connectivity index (χ3n) is 5.71. The molecule has 0 spiro atoms. The highest BCUT2D eigenvalue weighted by atomic mass is 16.2. The van der Waals surface area contributed by atoms with Crippen molar-refractivity contribution in [3.05, 3.63) is 56.6 Å². The van der Waals surface area contributed by atoms with Crippen LogP contribution in [0.25, 0.3) is 22.1 Å². The molecule has 0 unspecified atom stereocenters. The second kappa shape index (κ2) is 9.00. The molecule has 1 aromatic carbocycles. The van der Waals surface area contributed by atoms with E-state index >= 15 is 0 Å². The molecule has 0 radical (unpaired) electrons. The van der Waals surface area contributed by atoms with E-state index < -0.39 is 16.8 Å². The standard InChI is InChI=1S/C25H30N8O2/c1-7-8-13-32-20-21(29-23(32)30(5)15-25(3,4)26)31(6)24(35)33(22(20)34)14-19-17-11-9-10-12-18(17)27-16(2)28-19/h9-12H,13-15,26H2,1-6H3. The highest BCUT2D eigenvalue weighted by molar-refractivity contribution is 5.81. The number of hydrogen-bond acceptors (Lipinski definition) is 7. The van der Waals surface area contributed by atoms with Gasteiger partial charge in [0.2, 0.25) is 5.95 Å². The van der Waals surface area contributed by atoms with Gasteiger partial charge in [0.25, 0.3) is 5.56 Å². The maximum atomic E-state index is 13.8. The van der Waals surface area contributed by atoms with Crippen LogP contribution >= 0.6 is 0 Å². The number of rotatable bonds is 6. The zero-order chi connectivity index (χ0) is 25.5. The van der Waals surface area contributed by atoms with Crippen molar-refractivity contribution in [2.75, 3.05) is 18.5 Å². The predicted octanol–water partition coefficient (Wildman–Crippen LogP) is 1.39. The molecule has 10 nitrogen and oxygen atoms in total. The van der Waals surface area contributed by atoms with E-state index in [0.717, 1.165) is 10.9 Å². The van der Waals surface area contributed by atoms with E-state index in [9.17, 15) is 9.59 Å². The van der Waals surface area contributed by atoms with Crippen LogP contribution in [0.5, 0.6) is 0 Å². The van der Waals surface area contributed by atoms with Gasteiger partial charge in [-0.25, -0.2) is 14.8 Å². The Morgan fingerprint density at radius 1 is 1.11 bits per heavy atom. The molecule has 0 saturated heterocycles. The first kappa shape index (κ1) is 24.2. The number of benzene rings is 1. The SMILES string of the molecule is CC#CCn1c(N(C)CC(C)(C)N)nc2c1c(=O)n(Cc1nc(C)nc3ccccc13)c(=O)n2C. The summed E-state index contributed by atoms with van der Waals surface area (Å²) >= 11 is 0. The smallest absolute Gasteiger partial charge is 0.332 e. The molecule has 10 heteroatoms. The zero-order valence-electron chi connectivity index (χ0n) is 21.0. The highest BCUT2D eigenvalue weighted by Gasteiger charge is 2.24. The summed E-state index contributed by atoms with van der Waals surface area (Å²) in [5, 5.41) is 0.795. The summed E-state index contributed by atoms with van der Waals surface area (Å²) in [6.07, 6.45) is 0. The molecule has 0 aliphatic rings. The topological polar surface area (TPSA) is 117 Å². The first-order valence-corrected chi connectivity index (χ1v) is 11.3. The molecule has 182 valence electrons. The molecule has 0 fully saturated rings. The lowest BCUT2D eigenvalue weighted by Crippen LogP contribution is -2.44. The van der Waals surface area contributed by atoms with E-state index in [2.05, 4.69) is 26.8 Å². The van der Waals surface area contributed by atoms with Crippen LogP contribution in [-0.2, 0) is 20.1 Å². The number of aryl methyl sites for hydroxylation is 2. The minimum absolute atomic E-state index is 0.0109. The number of nitrogens with two attached hydrogens (primary N) is 1. The van der Waals surface area contributed by atoms with Gasteiger partial charge in [0.1, 0.15) is 5.82 Å². The Bertz CT molecular complexity index is 1610. The van der Waals surface area contributed by atoms with Gasteiger partial charge in [-0.2, -0.15) is 4.98 Å². The lowest BCUT2D eigenvalue weighted by Gasteiger charge is -2.27. The number of likely N-dealkylation sites (N-methyl/N-ethyl adjacent to an activating group) is 1. The first-order chi connectivity index (χ1) is 16.5. The molecule has 0 atom stereocenters. The summed E-state index contributed by atoms with van der Waals surface area (Å²) in [5.74, 6) is 6.99. The minimum atomic E-state index is -0.494. The Kier molecular flexibility index (Phi) is 6.21. The first-order valence-electron chi connectivity index (χ1n) is 11.3. The van der Waals surface area contributed by atoms with Crippen LogP contribution in [0.3, 0.4) is 0 Å². The molecular weight excluding hydrogens is 444 g/mol. The summed E-state index contributed by atoms with van der Waals surface area (Å²) in [5.41, 5.74) is 6.80. The Hall–Kier alpha value is -3.97. The summed E-state index contributed by atoms with van der Waals surface area (Å²) in [4.78, 5) is 42.7. The van der Waals surface area contributed by atoms with Crippen LogP contribution in [0.15, 0.2) is 33.9 Å². The normalized spacial score (nSPS) is 11.6. The second-order valence-electron chi connectivity index (χ2n) is 9.41. The molecule has 0 aliphatic heterocycles. The van der Waals surface area contributed by atoms with Gasteiger partial charge in [-0.1, -0.05) is 24.1 Å². The van der Waals surface area contributed by atoms with Gasteiger partial charge in [-0.3, -0.25) is 18.5 Å². The number of imidazole rings is 1. The van der Waals surface area contributed by atoms with Crippen LogP contribution < -0.4 is 21.9 Å². The molecule has 0 aliphatic carbocycles. The fourth-order valence-electron chi connectivity index (χ4n) is 4.32. The predicted molar refractivity (Wildman–Crippen MR) is 138 cm³/mol. The summed E-state index contributed by atoms with van der Waals surface area (Å²) in [6, 6.07) is 7.55. The van der Waals surface area contributed by atoms with Crippen molar-refractivity contribution in [1.82, 2.24) is 28.7 Å². The van der Waals surface area contributed by atoms with Gasteiger partial charge >= 0.3 is 5.69 Å². The number of hydrogen-bond donors (Lipinski definition) is 1. The molecule has 3 heterocycles. The largest absolute Gasteiger partial charge is 0.343 e. The lowest BCUT2D eigenvalue weighted by molar-refractivity contribution is 0.512. The monoisotopic (exact) mass is 474 g/mol. The van der Waals surface area contributed by atoms with Crippen LogP contribution in [0, 0.1) is 18.8 Å². The molecule has 4 rings (SSSR count). The van der Waals surface area contributed by atoms with E-state index in [1.165, 1.54) is 9.13 Å². The summed E-state index contributed by atoms with van der Waals surface area (Å²) < 4.78 is 4.34. The van der Waals surface area contributed by atoms with Crippen molar-refractivity contribution in [1.29, 1.82) is 0 Å². The van der Waals surface area contributed by atoms with Gasteiger partial charge in [-0.15, -0.1) is 5.92 Å². The fraction of sp³-hybridized carbons (Fsp3) is 0.400. The van der Waals surface area contributed by atoms with Crippen LogP contribution in [-0.4, -0.2) is 47.8 Å². The number of aromatic nitrogens is 6. The molecule has 0 saturated carbocycles. The van der Waals surface area contributed by atoms with E-state index in [0.29, 0.717) is 35.2 Å². The molecule has 4 aromatic rings. The van der Waals surface area contributed by atoms with Crippen LogP contribution in [0.1, 0.15) is 32.3 Å². The number of nitrogens with zero attached hydrogens (tertiary/aromatic N) is 7. The van der Waals surface area contributed by atoms with Gasteiger partial charge < -0.3 is 10.6 Å². The Morgan fingerprint density at radius 2 is 1.83 bits per heavy atom.